The molecule has 1 aliphatic carbocycles. The minimum atomic E-state index is 0.756. The first-order valence-electron chi connectivity index (χ1n) is 8.06. The second kappa shape index (κ2) is 6.64. The molecule has 0 unspecified atom stereocenters. The van der Waals surface area contributed by atoms with Gasteiger partial charge in [-0.05, 0) is 60.9 Å². The summed E-state index contributed by atoms with van der Waals surface area (Å²) in [7, 11) is 0. The van der Waals surface area contributed by atoms with Crippen molar-refractivity contribution in [3.8, 4) is 11.8 Å². The van der Waals surface area contributed by atoms with Gasteiger partial charge in [-0.15, -0.1) is 0 Å². The zero-order chi connectivity index (χ0) is 14.5. The van der Waals surface area contributed by atoms with Gasteiger partial charge in [0.15, 0.2) is 0 Å². The van der Waals surface area contributed by atoms with Crippen LogP contribution in [0.4, 0.5) is 0 Å². The Labute approximate surface area is 128 Å². The Hall–Kier alpha value is -2.00. The number of benzene rings is 2. The quantitative estimate of drug-likeness (QED) is 0.663. The van der Waals surface area contributed by atoms with Crippen molar-refractivity contribution >= 4 is 0 Å². The lowest BCUT2D eigenvalue weighted by Gasteiger charge is -2.01. The molecule has 0 atom stereocenters. The van der Waals surface area contributed by atoms with Gasteiger partial charge < -0.3 is 0 Å². The third kappa shape index (κ3) is 3.76. The van der Waals surface area contributed by atoms with E-state index in [1.807, 2.05) is 0 Å². The van der Waals surface area contributed by atoms with Crippen LogP contribution in [0.3, 0.4) is 0 Å². The topological polar surface area (TPSA) is 0 Å². The third-order valence-corrected chi connectivity index (χ3v) is 4.09. The molecule has 0 spiro atoms. The number of hydrogen-bond acceptors (Lipinski definition) is 0. The number of aryl methyl sites for hydroxylation is 1. The van der Waals surface area contributed by atoms with Gasteiger partial charge >= 0.3 is 0 Å². The summed E-state index contributed by atoms with van der Waals surface area (Å²) in [5.41, 5.74) is 5.17. The average molecular weight is 274 g/mol. The van der Waals surface area contributed by atoms with Crippen LogP contribution in [0.15, 0.2) is 48.5 Å². The zero-order valence-electron chi connectivity index (χ0n) is 12.7. The van der Waals surface area contributed by atoms with Crippen LogP contribution in [-0.2, 0) is 6.42 Å². The van der Waals surface area contributed by atoms with Crippen LogP contribution >= 0.6 is 0 Å². The average Bonchev–Trinajstić information content (AvgIpc) is 3.37. The molecular weight excluding hydrogens is 252 g/mol. The molecule has 0 nitrogen and oxygen atoms in total. The lowest BCUT2D eigenvalue weighted by atomic mass is 10.0. The molecule has 0 bridgehead atoms. The minimum Gasteiger partial charge on any atom is -0.0654 e. The van der Waals surface area contributed by atoms with Gasteiger partial charge in [-0.1, -0.05) is 55.5 Å². The van der Waals surface area contributed by atoms with Gasteiger partial charge in [0, 0.05) is 11.1 Å². The highest BCUT2D eigenvalue weighted by Gasteiger charge is 2.25. The first-order chi connectivity index (χ1) is 10.4. The monoisotopic (exact) mass is 274 g/mol. The molecule has 3 rings (SSSR count). The SMILES string of the molecule is CCCCc1ccc(C#Cc2ccccc2C2CC2)cc1. The maximum atomic E-state index is 3.36. The predicted molar refractivity (Wildman–Crippen MR) is 89.5 cm³/mol. The van der Waals surface area contributed by atoms with Crippen molar-refractivity contribution in [1.29, 1.82) is 0 Å². The standard InChI is InChI=1S/C21H22/c1-2-3-6-17-9-11-18(12-10-17)13-14-19-7-4-5-8-21(19)20-15-16-20/h4-5,7-12,20H,2-3,6,15-16H2,1H3. The highest BCUT2D eigenvalue weighted by Crippen LogP contribution is 2.41. The molecule has 0 heterocycles. The van der Waals surface area contributed by atoms with Gasteiger partial charge in [-0.25, -0.2) is 0 Å². The Morgan fingerprint density at radius 2 is 1.71 bits per heavy atom. The summed E-state index contributed by atoms with van der Waals surface area (Å²) in [5.74, 6) is 7.44. The minimum absolute atomic E-state index is 0.756. The van der Waals surface area contributed by atoms with E-state index in [1.54, 1.807) is 0 Å². The van der Waals surface area contributed by atoms with Crippen LogP contribution in [0.1, 0.15) is 60.8 Å². The van der Waals surface area contributed by atoms with Crippen molar-refractivity contribution in [3.63, 3.8) is 0 Å². The van der Waals surface area contributed by atoms with E-state index in [1.165, 1.54) is 48.8 Å². The summed E-state index contributed by atoms with van der Waals surface area (Å²) >= 11 is 0. The van der Waals surface area contributed by atoms with E-state index in [2.05, 4.69) is 67.3 Å². The van der Waals surface area contributed by atoms with Gasteiger partial charge in [-0.3, -0.25) is 0 Å². The molecule has 106 valence electrons. The lowest BCUT2D eigenvalue weighted by Crippen LogP contribution is -1.87. The first kappa shape index (κ1) is 14.0. The van der Waals surface area contributed by atoms with Gasteiger partial charge in [0.2, 0.25) is 0 Å². The van der Waals surface area contributed by atoms with E-state index in [0.717, 1.165) is 11.5 Å². The smallest absolute Gasteiger partial charge is 0.0283 e. The molecular formula is C21H22. The van der Waals surface area contributed by atoms with Crippen molar-refractivity contribution in [3.05, 3.63) is 70.8 Å². The Balaban J connectivity index is 1.75. The predicted octanol–water partition coefficient (Wildman–Crippen LogP) is 5.31. The molecule has 1 aliphatic rings. The molecule has 0 N–H and O–H groups in total. The highest BCUT2D eigenvalue weighted by molar-refractivity contribution is 5.48. The van der Waals surface area contributed by atoms with Crippen LogP contribution in [0.25, 0.3) is 0 Å². The summed E-state index contributed by atoms with van der Waals surface area (Å²) in [4.78, 5) is 0. The van der Waals surface area contributed by atoms with Crippen molar-refractivity contribution in [2.75, 3.05) is 0 Å². The van der Waals surface area contributed by atoms with Gasteiger partial charge in [-0.2, -0.15) is 0 Å². The fourth-order valence-electron chi connectivity index (χ4n) is 2.64. The fourth-order valence-corrected chi connectivity index (χ4v) is 2.64. The van der Waals surface area contributed by atoms with Crippen LogP contribution in [0.5, 0.6) is 0 Å². The largest absolute Gasteiger partial charge is 0.0654 e. The van der Waals surface area contributed by atoms with Crippen LogP contribution in [0.2, 0.25) is 0 Å². The van der Waals surface area contributed by atoms with Crippen LogP contribution in [-0.4, -0.2) is 0 Å². The van der Waals surface area contributed by atoms with Gasteiger partial charge in [0.25, 0.3) is 0 Å². The molecule has 1 fully saturated rings. The molecule has 1 saturated carbocycles. The Bertz CT molecular complexity index is 648. The van der Waals surface area contributed by atoms with Crippen molar-refractivity contribution in [2.24, 2.45) is 0 Å². The Kier molecular flexibility index (Phi) is 4.41. The second-order valence-electron chi connectivity index (χ2n) is 5.91. The molecule has 0 heteroatoms. The summed E-state index contributed by atoms with van der Waals surface area (Å²) in [6, 6.07) is 17.3. The zero-order valence-corrected chi connectivity index (χ0v) is 12.7. The molecule has 0 radical (unpaired) electrons. The van der Waals surface area contributed by atoms with Crippen molar-refractivity contribution in [1.82, 2.24) is 0 Å². The molecule has 0 saturated heterocycles. The molecule has 21 heavy (non-hydrogen) atoms. The molecule has 0 aliphatic heterocycles. The van der Waals surface area contributed by atoms with Crippen LogP contribution in [0, 0.1) is 11.8 Å². The number of hydrogen-bond donors (Lipinski definition) is 0. The van der Waals surface area contributed by atoms with E-state index < -0.39 is 0 Å². The Morgan fingerprint density at radius 3 is 2.43 bits per heavy atom. The number of rotatable bonds is 4. The summed E-state index contributed by atoms with van der Waals surface area (Å²) in [6.07, 6.45) is 6.34. The van der Waals surface area contributed by atoms with E-state index in [-0.39, 0.29) is 0 Å². The van der Waals surface area contributed by atoms with Gasteiger partial charge in [0.1, 0.15) is 0 Å². The summed E-state index contributed by atoms with van der Waals surface area (Å²) < 4.78 is 0. The maximum Gasteiger partial charge on any atom is 0.0283 e. The molecule has 0 amide bonds. The first-order valence-corrected chi connectivity index (χ1v) is 8.06. The normalized spacial score (nSPS) is 13.6. The van der Waals surface area contributed by atoms with Crippen molar-refractivity contribution in [2.45, 2.75) is 44.9 Å². The van der Waals surface area contributed by atoms with E-state index in [4.69, 9.17) is 0 Å². The molecule has 2 aromatic rings. The summed E-state index contributed by atoms with van der Waals surface area (Å²) in [6.45, 7) is 2.23. The highest BCUT2D eigenvalue weighted by atomic mass is 14.3. The maximum absolute atomic E-state index is 3.36. The third-order valence-electron chi connectivity index (χ3n) is 4.09. The molecule has 0 aromatic heterocycles. The van der Waals surface area contributed by atoms with Gasteiger partial charge in [0.05, 0.1) is 0 Å². The summed E-state index contributed by atoms with van der Waals surface area (Å²) in [5, 5.41) is 0. The molecule has 2 aromatic carbocycles. The fraction of sp³-hybridized carbons (Fsp3) is 0.333. The van der Waals surface area contributed by atoms with E-state index >= 15 is 0 Å². The van der Waals surface area contributed by atoms with Crippen LogP contribution < -0.4 is 0 Å². The van der Waals surface area contributed by atoms with Crippen molar-refractivity contribution < 1.29 is 0 Å². The number of unbranched alkanes of at least 4 members (excludes halogenated alkanes) is 1. The lowest BCUT2D eigenvalue weighted by molar-refractivity contribution is 0.795. The Morgan fingerprint density at radius 1 is 0.952 bits per heavy atom. The van der Waals surface area contributed by atoms with E-state index in [9.17, 15) is 0 Å². The second-order valence-corrected chi connectivity index (χ2v) is 5.91. The van der Waals surface area contributed by atoms with E-state index in [0.29, 0.717) is 0 Å².